The maximum atomic E-state index is 12.3. The Kier molecular flexibility index (Phi) is 5.32. The molecule has 2 aromatic carbocycles. The number of nitrogens with one attached hydrogen (secondary N) is 1. The monoisotopic (exact) mass is 398 g/mol. The summed E-state index contributed by atoms with van der Waals surface area (Å²) in [6, 6.07) is 11.2. The number of aromatic hydroxyl groups is 2. The molecule has 0 radical (unpaired) electrons. The summed E-state index contributed by atoms with van der Waals surface area (Å²) in [7, 11) is 0. The highest BCUT2D eigenvalue weighted by atomic mass is 32.1. The van der Waals surface area contributed by atoms with E-state index in [-0.39, 0.29) is 11.3 Å². The SMILES string of the molecule is Cc1sc(-c2ccccc2)nc1C(=O)N/N=C\c1cc([N+](=O)[O-])c(O)cc1O. The van der Waals surface area contributed by atoms with Crippen molar-refractivity contribution in [2.75, 3.05) is 0 Å². The van der Waals surface area contributed by atoms with Gasteiger partial charge in [-0.25, -0.2) is 10.4 Å². The number of phenols is 2. The first-order valence-electron chi connectivity index (χ1n) is 7.93. The predicted octanol–water partition coefficient (Wildman–Crippen LogP) is 3.20. The fourth-order valence-electron chi connectivity index (χ4n) is 2.36. The Morgan fingerprint density at radius 3 is 2.64 bits per heavy atom. The molecule has 3 aromatic rings. The van der Waals surface area contributed by atoms with Crippen LogP contribution in [0.4, 0.5) is 5.69 Å². The summed E-state index contributed by atoms with van der Waals surface area (Å²) < 4.78 is 0. The molecule has 1 amide bonds. The highest BCUT2D eigenvalue weighted by Crippen LogP contribution is 2.32. The van der Waals surface area contributed by atoms with E-state index in [9.17, 15) is 25.1 Å². The lowest BCUT2D eigenvalue weighted by atomic mass is 10.2. The zero-order chi connectivity index (χ0) is 20.3. The lowest BCUT2D eigenvalue weighted by Crippen LogP contribution is -2.19. The number of thiazole rings is 1. The molecule has 3 rings (SSSR count). The molecule has 28 heavy (non-hydrogen) atoms. The summed E-state index contributed by atoms with van der Waals surface area (Å²) >= 11 is 1.37. The van der Waals surface area contributed by atoms with Gasteiger partial charge in [0.2, 0.25) is 0 Å². The Morgan fingerprint density at radius 2 is 1.96 bits per heavy atom. The molecule has 0 aliphatic rings. The van der Waals surface area contributed by atoms with Gasteiger partial charge in [0, 0.05) is 28.1 Å². The highest BCUT2D eigenvalue weighted by molar-refractivity contribution is 7.15. The quantitative estimate of drug-likeness (QED) is 0.343. The van der Waals surface area contributed by atoms with E-state index in [0.29, 0.717) is 9.88 Å². The maximum Gasteiger partial charge on any atom is 0.311 e. The van der Waals surface area contributed by atoms with Gasteiger partial charge in [-0.15, -0.1) is 11.3 Å². The second-order valence-corrected chi connectivity index (χ2v) is 6.85. The summed E-state index contributed by atoms with van der Waals surface area (Å²) in [4.78, 5) is 27.4. The molecule has 0 atom stereocenters. The molecule has 1 aromatic heterocycles. The van der Waals surface area contributed by atoms with Gasteiger partial charge in [0.15, 0.2) is 5.75 Å². The Hall–Kier alpha value is -3.79. The maximum absolute atomic E-state index is 12.3. The number of hydrazone groups is 1. The molecule has 0 aliphatic carbocycles. The second-order valence-electron chi connectivity index (χ2n) is 5.65. The molecule has 1 heterocycles. The number of phenolic OH excluding ortho intramolecular Hbond substituents is 2. The molecule has 0 unspecified atom stereocenters. The zero-order valence-electron chi connectivity index (χ0n) is 14.5. The summed E-state index contributed by atoms with van der Waals surface area (Å²) in [5.41, 5.74) is 2.75. The fourth-order valence-corrected chi connectivity index (χ4v) is 3.27. The van der Waals surface area contributed by atoms with Gasteiger partial charge in [-0.1, -0.05) is 30.3 Å². The van der Waals surface area contributed by atoms with Gasteiger partial charge < -0.3 is 10.2 Å². The van der Waals surface area contributed by atoms with Gasteiger partial charge in [-0.05, 0) is 6.92 Å². The van der Waals surface area contributed by atoms with E-state index in [0.717, 1.165) is 23.9 Å². The summed E-state index contributed by atoms with van der Waals surface area (Å²) in [5.74, 6) is -1.65. The normalized spacial score (nSPS) is 10.9. The summed E-state index contributed by atoms with van der Waals surface area (Å²) in [6.45, 7) is 1.76. The van der Waals surface area contributed by atoms with Crippen LogP contribution < -0.4 is 5.43 Å². The van der Waals surface area contributed by atoms with Gasteiger partial charge in [-0.3, -0.25) is 14.9 Å². The number of nitrogens with zero attached hydrogens (tertiary/aromatic N) is 3. The van der Waals surface area contributed by atoms with Crippen LogP contribution in [0.2, 0.25) is 0 Å². The molecule has 0 fully saturated rings. The number of rotatable bonds is 5. The summed E-state index contributed by atoms with van der Waals surface area (Å²) in [6.07, 6.45) is 1.04. The second kappa shape index (κ2) is 7.84. The number of aromatic nitrogens is 1. The molecule has 10 heteroatoms. The third kappa shape index (κ3) is 3.96. The molecular weight excluding hydrogens is 384 g/mol. The first-order valence-corrected chi connectivity index (χ1v) is 8.75. The summed E-state index contributed by atoms with van der Waals surface area (Å²) in [5, 5.41) is 34.5. The van der Waals surface area contributed by atoms with Crippen molar-refractivity contribution in [1.29, 1.82) is 0 Å². The molecule has 0 saturated carbocycles. The minimum atomic E-state index is -0.797. The molecule has 142 valence electrons. The van der Waals surface area contributed by atoms with Gasteiger partial charge in [-0.2, -0.15) is 5.10 Å². The zero-order valence-corrected chi connectivity index (χ0v) is 15.3. The van der Waals surface area contributed by atoms with Crippen molar-refractivity contribution in [1.82, 2.24) is 10.4 Å². The molecular formula is C18H14N4O5S. The van der Waals surface area contributed by atoms with Gasteiger partial charge >= 0.3 is 5.69 Å². The Bertz CT molecular complexity index is 1080. The minimum Gasteiger partial charge on any atom is -0.507 e. The number of hydrogen-bond acceptors (Lipinski definition) is 8. The van der Waals surface area contributed by atoms with Crippen molar-refractivity contribution < 1.29 is 19.9 Å². The Balaban J connectivity index is 1.77. The van der Waals surface area contributed by atoms with Crippen LogP contribution in [0.1, 0.15) is 20.9 Å². The minimum absolute atomic E-state index is 0.0372. The van der Waals surface area contributed by atoms with Gasteiger partial charge in [0.25, 0.3) is 5.91 Å². The number of carbonyl (C=O) groups is 1. The van der Waals surface area contributed by atoms with Crippen LogP contribution >= 0.6 is 11.3 Å². The van der Waals surface area contributed by atoms with Crippen LogP contribution in [0, 0.1) is 17.0 Å². The van der Waals surface area contributed by atoms with Crippen molar-refractivity contribution in [3.8, 4) is 22.1 Å². The van der Waals surface area contributed by atoms with Crippen LogP contribution in [0.15, 0.2) is 47.6 Å². The molecule has 0 aliphatic heterocycles. The Morgan fingerprint density at radius 1 is 1.25 bits per heavy atom. The standard InChI is InChI=1S/C18H14N4O5S/c1-10-16(20-18(28-10)11-5-3-2-4-6-11)17(25)21-19-9-12-7-13(22(26)27)15(24)8-14(12)23/h2-9,23-24H,1H3,(H,21,25)/b19-9-. The molecule has 3 N–H and O–H groups in total. The van der Waals surface area contributed by atoms with E-state index < -0.39 is 28.0 Å². The van der Waals surface area contributed by atoms with Crippen molar-refractivity contribution in [2.45, 2.75) is 6.92 Å². The van der Waals surface area contributed by atoms with Crippen molar-refractivity contribution >= 4 is 29.1 Å². The van der Waals surface area contributed by atoms with Crippen molar-refractivity contribution in [3.63, 3.8) is 0 Å². The lowest BCUT2D eigenvalue weighted by Gasteiger charge is -2.01. The van der Waals surface area contributed by atoms with E-state index in [4.69, 9.17) is 0 Å². The number of hydrogen-bond donors (Lipinski definition) is 3. The van der Waals surface area contributed by atoms with E-state index >= 15 is 0 Å². The van der Waals surface area contributed by atoms with Crippen LogP contribution in [-0.2, 0) is 0 Å². The smallest absolute Gasteiger partial charge is 0.311 e. The highest BCUT2D eigenvalue weighted by Gasteiger charge is 2.18. The lowest BCUT2D eigenvalue weighted by molar-refractivity contribution is -0.385. The van der Waals surface area contributed by atoms with E-state index in [1.54, 1.807) is 6.92 Å². The first-order chi connectivity index (χ1) is 13.4. The van der Waals surface area contributed by atoms with Crippen LogP contribution in [0.5, 0.6) is 11.5 Å². The number of nitro benzene ring substituents is 1. The number of amides is 1. The number of aryl methyl sites for hydroxylation is 1. The number of nitro groups is 1. The average molecular weight is 398 g/mol. The van der Waals surface area contributed by atoms with E-state index in [1.807, 2.05) is 30.3 Å². The van der Waals surface area contributed by atoms with Gasteiger partial charge in [0.1, 0.15) is 16.5 Å². The third-order valence-corrected chi connectivity index (χ3v) is 4.74. The van der Waals surface area contributed by atoms with Crippen LogP contribution in [-0.4, -0.2) is 32.2 Å². The predicted molar refractivity (Wildman–Crippen MR) is 104 cm³/mol. The van der Waals surface area contributed by atoms with E-state index in [2.05, 4.69) is 15.5 Å². The number of carbonyl (C=O) groups excluding carboxylic acids is 1. The largest absolute Gasteiger partial charge is 0.507 e. The fraction of sp³-hybridized carbons (Fsp3) is 0.0556. The third-order valence-electron chi connectivity index (χ3n) is 3.72. The molecule has 9 nitrogen and oxygen atoms in total. The van der Waals surface area contributed by atoms with E-state index in [1.165, 1.54) is 11.3 Å². The van der Waals surface area contributed by atoms with Gasteiger partial charge in [0.05, 0.1) is 11.1 Å². The number of benzene rings is 2. The molecule has 0 saturated heterocycles. The molecule has 0 spiro atoms. The van der Waals surface area contributed by atoms with Crippen molar-refractivity contribution in [2.24, 2.45) is 5.10 Å². The molecule has 0 bridgehead atoms. The van der Waals surface area contributed by atoms with Crippen molar-refractivity contribution in [3.05, 3.63) is 68.7 Å². The average Bonchev–Trinajstić information content (AvgIpc) is 3.05. The van der Waals surface area contributed by atoms with Crippen LogP contribution in [0.3, 0.4) is 0 Å². The topological polar surface area (TPSA) is 138 Å². The van der Waals surface area contributed by atoms with Crippen LogP contribution in [0.25, 0.3) is 10.6 Å². The Labute approximate surface area is 162 Å². The first kappa shape index (κ1) is 19.0.